The lowest BCUT2D eigenvalue weighted by molar-refractivity contribution is -0.191. The maximum Gasteiger partial charge on any atom is 0.311 e. The number of hydrogen-bond acceptors (Lipinski definition) is 4. The van der Waals surface area contributed by atoms with E-state index in [1.807, 2.05) is 20.8 Å². The van der Waals surface area contributed by atoms with Crippen molar-refractivity contribution < 1.29 is 19.0 Å². The summed E-state index contributed by atoms with van der Waals surface area (Å²) in [6.45, 7) is 10.3. The lowest BCUT2D eigenvalue weighted by atomic mass is 10.1. The third kappa shape index (κ3) is 4.88. The first-order valence-corrected chi connectivity index (χ1v) is 5.98. The Bertz CT molecular complexity index is 272. The molecule has 1 heterocycles. The molecular weight excluding hydrogens is 220 g/mol. The summed E-state index contributed by atoms with van der Waals surface area (Å²) < 4.78 is 16.4. The Kier molecular flexibility index (Phi) is 4.71. The van der Waals surface area contributed by atoms with Crippen LogP contribution in [0.15, 0.2) is 12.7 Å². The molecule has 1 aliphatic rings. The summed E-state index contributed by atoms with van der Waals surface area (Å²) in [4.78, 5) is 11.8. The van der Waals surface area contributed by atoms with Gasteiger partial charge in [-0.05, 0) is 27.2 Å². The van der Waals surface area contributed by atoms with Crippen LogP contribution in [0.4, 0.5) is 0 Å². The topological polar surface area (TPSA) is 44.8 Å². The van der Waals surface area contributed by atoms with Crippen LogP contribution >= 0.6 is 0 Å². The SMILES string of the molecule is C=CCCC1(CC(=O)OC(C)(C)C)OCCO1. The van der Waals surface area contributed by atoms with Crippen LogP contribution in [-0.4, -0.2) is 30.6 Å². The van der Waals surface area contributed by atoms with Gasteiger partial charge in [0.2, 0.25) is 0 Å². The summed E-state index contributed by atoms with van der Waals surface area (Å²) in [5.74, 6) is -1.10. The second-order valence-electron chi connectivity index (χ2n) is 5.20. The van der Waals surface area contributed by atoms with E-state index in [0.29, 0.717) is 19.6 Å². The van der Waals surface area contributed by atoms with Gasteiger partial charge in [0, 0.05) is 6.42 Å². The highest BCUT2D eigenvalue weighted by Crippen LogP contribution is 2.30. The Morgan fingerprint density at radius 2 is 2.00 bits per heavy atom. The maximum absolute atomic E-state index is 11.8. The van der Waals surface area contributed by atoms with E-state index >= 15 is 0 Å². The summed E-state index contributed by atoms with van der Waals surface area (Å²) in [5, 5.41) is 0. The number of carbonyl (C=O) groups is 1. The van der Waals surface area contributed by atoms with Gasteiger partial charge in [-0.1, -0.05) is 6.08 Å². The molecule has 0 aromatic carbocycles. The molecule has 0 spiro atoms. The first-order valence-electron chi connectivity index (χ1n) is 5.98. The molecule has 0 aliphatic carbocycles. The van der Waals surface area contributed by atoms with Crippen LogP contribution < -0.4 is 0 Å². The zero-order valence-electron chi connectivity index (χ0n) is 11.0. The maximum atomic E-state index is 11.8. The number of hydrogen-bond donors (Lipinski definition) is 0. The summed E-state index contributed by atoms with van der Waals surface area (Å²) in [6.07, 6.45) is 3.32. The third-order valence-corrected chi connectivity index (χ3v) is 2.38. The summed E-state index contributed by atoms with van der Waals surface area (Å²) >= 11 is 0. The molecule has 0 radical (unpaired) electrons. The van der Waals surface area contributed by atoms with Crippen molar-refractivity contribution in [2.75, 3.05) is 13.2 Å². The smallest absolute Gasteiger partial charge is 0.311 e. The molecule has 0 saturated carbocycles. The Labute approximate surface area is 103 Å². The van der Waals surface area contributed by atoms with Crippen LogP contribution in [0.3, 0.4) is 0 Å². The second-order valence-corrected chi connectivity index (χ2v) is 5.20. The predicted molar refractivity (Wildman–Crippen MR) is 64.5 cm³/mol. The minimum Gasteiger partial charge on any atom is -0.460 e. The predicted octanol–water partition coefficient (Wildman–Crippen LogP) is 2.43. The van der Waals surface area contributed by atoms with Crippen molar-refractivity contribution in [1.29, 1.82) is 0 Å². The minimum atomic E-state index is -0.809. The number of esters is 1. The van der Waals surface area contributed by atoms with Crippen molar-refractivity contribution in [1.82, 2.24) is 0 Å². The van der Waals surface area contributed by atoms with Gasteiger partial charge in [-0.2, -0.15) is 0 Å². The van der Waals surface area contributed by atoms with E-state index in [1.54, 1.807) is 6.08 Å². The van der Waals surface area contributed by atoms with Gasteiger partial charge in [-0.15, -0.1) is 6.58 Å². The average molecular weight is 242 g/mol. The Morgan fingerprint density at radius 3 is 2.47 bits per heavy atom. The van der Waals surface area contributed by atoms with Crippen molar-refractivity contribution in [3.63, 3.8) is 0 Å². The van der Waals surface area contributed by atoms with Crippen LogP contribution in [0, 0.1) is 0 Å². The lowest BCUT2D eigenvalue weighted by Crippen LogP contribution is -2.36. The Hall–Kier alpha value is -0.870. The largest absolute Gasteiger partial charge is 0.460 e. The fourth-order valence-electron chi connectivity index (χ4n) is 1.75. The van der Waals surface area contributed by atoms with Gasteiger partial charge in [-0.25, -0.2) is 0 Å². The molecule has 0 bridgehead atoms. The molecule has 1 rings (SSSR count). The average Bonchev–Trinajstić information content (AvgIpc) is 2.60. The van der Waals surface area contributed by atoms with E-state index in [-0.39, 0.29) is 12.4 Å². The Balaban J connectivity index is 2.54. The quantitative estimate of drug-likeness (QED) is 0.548. The van der Waals surface area contributed by atoms with Crippen LogP contribution in [0.1, 0.15) is 40.0 Å². The molecular formula is C13H22O4. The van der Waals surface area contributed by atoms with E-state index in [4.69, 9.17) is 14.2 Å². The van der Waals surface area contributed by atoms with Crippen molar-refractivity contribution >= 4 is 5.97 Å². The molecule has 17 heavy (non-hydrogen) atoms. The molecule has 1 aliphatic heterocycles. The van der Waals surface area contributed by atoms with Crippen LogP contribution in [-0.2, 0) is 19.0 Å². The normalized spacial score (nSPS) is 19.0. The van der Waals surface area contributed by atoms with E-state index in [9.17, 15) is 4.79 Å². The van der Waals surface area contributed by atoms with Crippen LogP contribution in [0.2, 0.25) is 0 Å². The third-order valence-electron chi connectivity index (χ3n) is 2.38. The molecule has 98 valence electrons. The highest BCUT2D eigenvalue weighted by Gasteiger charge is 2.39. The Morgan fingerprint density at radius 1 is 1.41 bits per heavy atom. The van der Waals surface area contributed by atoms with E-state index in [2.05, 4.69) is 6.58 Å². The van der Waals surface area contributed by atoms with Crippen LogP contribution in [0.5, 0.6) is 0 Å². The van der Waals surface area contributed by atoms with Gasteiger partial charge in [-0.3, -0.25) is 4.79 Å². The van der Waals surface area contributed by atoms with Gasteiger partial charge < -0.3 is 14.2 Å². The number of allylic oxidation sites excluding steroid dienone is 1. The van der Waals surface area contributed by atoms with Crippen molar-refractivity contribution in [2.24, 2.45) is 0 Å². The van der Waals surface area contributed by atoms with Gasteiger partial charge in [0.1, 0.15) is 5.60 Å². The van der Waals surface area contributed by atoms with Crippen molar-refractivity contribution in [3.05, 3.63) is 12.7 Å². The lowest BCUT2D eigenvalue weighted by Gasteiger charge is -2.28. The molecule has 0 atom stereocenters. The molecule has 0 amide bonds. The fourth-order valence-corrected chi connectivity index (χ4v) is 1.75. The van der Waals surface area contributed by atoms with Gasteiger partial charge in [0.05, 0.1) is 19.6 Å². The molecule has 0 N–H and O–H groups in total. The van der Waals surface area contributed by atoms with Crippen molar-refractivity contribution in [2.45, 2.75) is 51.4 Å². The molecule has 1 fully saturated rings. The highest BCUT2D eigenvalue weighted by molar-refractivity contribution is 5.71. The van der Waals surface area contributed by atoms with Gasteiger partial charge in [0.15, 0.2) is 5.79 Å². The van der Waals surface area contributed by atoms with Gasteiger partial charge >= 0.3 is 5.97 Å². The second kappa shape index (κ2) is 5.65. The first kappa shape index (κ1) is 14.2. The van der Waals surface area contributed by atoms with Crippen LogP contribution in [0.25, 0.3) is 0 Å². The number of ether oxygens (including phenoxy) is 3. The first-order chi connectivity index (χ1) is 7.87. The summed E-state index contributed by atoms with van der Waals surface area (Å²) in [6, 6.07) is 0. The van der Waals surface area contributed by atoms with Gasteiger partial charge in [0.25, 0.3) is 0 Å². The zero-order chi connectivity index (χ0) is 12.9. The standard InChI is InChI=1S/C13H22O4/c1-5-6-7-13(15-8-9-16-13)10-11(14)17-12(2,3)4/h5H,1,6-10H2,2-4H3. The summed E-state index contributed by atoms with van der Waals surface area (Å²) in [5.41, 5.74) is -0.477. The molecule has 4 nitrogen and oxygen atoms in total. The molecule has 0 aromatic heterocycles. The molecule has 4 heteroatoms. The van der Waals surface area contributed by atoms with E-state index < -0.39 is 11.4 Å². The highest BCUT2D eigenvalue weighted by atomic mass is 16.7. The minimum absolute atomic E-state index is 0.137. The molecule has 0 unspecified atom stereocenters. The van der Waals surface area contributed by atoms with Crippen molar-refractivity contribution in [3.8, 4) is 0 Å². The van der Waals surface area contributed by atoms with E-state index in [1.165, 1.54) is 0 Å². The number of rotatable bonds is 5. The van der Waals surface area contributed by atoms with E-state index in [0.717, 1.165) is 6.42 Å². The zero-order valence-corrected chi connectivity index (χ0v) is 11.0. The monoisotopic (exact) mass is 242 g/mol. The molecule has 0 aromatic rings. The fraction of sp³-hybridized carbons (Fsp3) is 0.769. The molecule has 1 saturated heterocycles. The summed E-state index contributed by atoms with van der Waals surface area (Å²) in [7, 11) is 0. The number of carbonyl (C=O) groups excluding carboxylic acids is 1.